The molecule has 110 valence electrons. The van der Waals surface area contributed by atoms with Crippen LogP contribution in [0.15, 0.2) is 6.33 Å². The van der Waals surface area contributed by atoms with Crippen molar-refractivity contribution in [1.29, 1.82) is 0 Å². The maximum absolute atomic E-state index is 12.2. The number of carbonyl (C=O) groups excluding carboxylic acids is 2. The molecule has 0 bridgehead atoms. The summed E-state index contributed by atoms with van der Waals surface area (Å²) < 4.78 is 0. The summed E-state index contributed by atoms with van der Waals surface area (Å²) in [5, 5.41) is 3.69. The number of aryl methyl sites for hydroxylation is 2. The van der Waals surface area contributed by atoms with E-state index in [0.717, 1.165) is 16.6 Å². The lowest BCUT2D eigenvalue weighted by molar-refractivity contribution is -0.139. The van der Waals surface area contributed by atoms with E-state index >= 15 is 0 Å². The molecule has 21 heavy (non-hydrogen) atoms. The van der Waals surface area contributed by atoms with Gasteiger partial charge in [-0.3, -0.25) is 9.59 Å². The molecular weight excluding hydrogens is 270 g/mol. The van der Waals surface area contributed by atoms with Gasteiger partial charge in [0, 0.05) is 25.7 Å². The number of anilines is 1. The Morgan fingerprint density at radius 3 is 2.71 bits per heavy atom. The van der Waals surface area contributed by atoms with Crippen molar-refractivity contribution in [3.8, 4) is 0 Å². The molecular formula is C14H17N5O2. The number of H-pyrrole nitrogens is 1. The van der Waals surface area contributed by atoms with Gasteiger partial charge in [0.2, 0.25) is 11.8 Å². The van der Waals surface area contributed by atoms with E-state index in [2.05, 4.69) is 20.3 Å². The maximum Gasteiger partial charge on any atom is 0.232 e. The first-order valence-corrected chi connectivity index (χ1v) is 6.83. The lowest BCUT2D eigenvalue weighted by Gasteiger charge is -2.37. The minimum Gasteiger partial charge on any atom is -0.343 e. The Morgan fingerprint density at radius 2 is 2.05 bits per heavy atom. The molecule has 2 aromatic rings. The van der Waals surface area contributed by atoms with Crippen LogP contribution in [0.25, 0.3) is 11.0 Å². The Labute approximate surface area is 121 Å². The van der Waals surface area contributed by atoms with Crippen LogP contribution in [0.3, 0.4) is 0 Å². The van der Waals surface area contributed by atoms with Gasteiger partial charge < -0.3 is 15.2 Å². The van der Waals surface area contributed by atoms with Crippen LogP contribution in [0.5, 0.6) is 0 Å². The summed E-state index contributed by atoms with van der Waals surface area (Å²) >= 11 is 0. The van der Waals surface area contributed by atoms with E-state index in [-0.39, 0.29) is 17.7 Å². The van der Waals surface area contributed by atoms with Crippen LogP contribution in [0.4, 0.5) is 5.82 Å². The third-order valence-electron chi connectivity index (χ3n) is 4.03. The molecule has 0 aromatic carbocycles. The normalized spacial score (nSPS) is 15.1. The summed E-state index contributed by atoms with van der Waals surface area (Å²) in [4.78, 5) is 36.5. The molecule has 0 saturated carbocycles. The van der Waals surface area contributed by atoms with Gasteiger partial charge in [-0.2, -0.15) is 0 Å². The number of fused-ring (bicyclic) bond motifs is 1. The molecule has 0 radical (unpaired) electrons. The molecule has 0 spiro atoms. The minimum atomic E-state index is -0.167. The van der Waals surface area contributed by atoms with Crippen molar-refractivity contribution in [3.63, 3.8) is 0 Å². The maximum atomic E-state index is 12.2. The lowest BCUT2D eigenvalue weighted by atomic mass is 9.99. The number of hydrogen-bond acceptors (Lipinski definition) is 4. The fraction of sp³-hybridized carbons (Fsp3) is 0.429. The van der Waals surface area contributed by atoms with Crippen LogP contribution in [0, 0.1) is 19.8 Å². The number of aromatic nitrogens is 3. The molecule has 0 unspecified atom stereocenters. The number of amides is 2. The molecule has 3 heterocycles. The number of carbonyl (C=O) groups is 2. The van der Waals surface area contributed by atoms with E-state index in [0.29, 0.717) is 24.6 Å². The second kappa shape index (κ2) is 4.83. The fourth-order valence-electron chi connectivity index (χ4n) is 2.51. The Kier molecular flexibility index (Phi) is 3.12. The topological polar surface area (TPSA) is 91.0 Å². The van der Waals surface area contributed by atoms with Crippen LogP contribution in [0.1, 0.15) is 18.2 Å². The molecule has 1 fully saturated rings. The fourth-order valence-corrected chi connectivity index (χ4v) is 2.51. The van der Waals surface area contributed by atoms with Gasteiger partial charge in [-0.25, -0.2) is 9.97 Å². The summed E-state index contributed by atoms with van der Waals surface area (Å²) in [6, 6.07) is 0. The van der Waals surface area contributed by atoms with Crippen LogP contribution in [-0.4, -0.2) is 44.8 Å². The zero-order valence-corrected chi connectivity index (χ0v) is 12.2. The quantitative estimate of drug-likeness (QED) is 0.861. The molecule has 1 saturated heterocycles. The third kappa shape index (κ3) is 2.24. The molecule has 0 aliphatic carbocycles. The SMILES string of the molecule is CC(=O)N1CC(C(=O)Nc2ncnc3[nH]c(C)c(C)c23)C1. The number of hydrogen-bond donors (Lipinski definition) is 2. The van der Waals surface area contributed by atoms with Gasteiger partial charge in [-0.1, -0.05) is 0 Å². The Hall–Kier alpha value is -2.44. The van der Waals surface area contributed by atoms with Crippen LogP contribution in [0.2, 0.25) is 0 Å². The Bertz CT molecular complexity index is 730. The van der Waals surface area contributed by atoms with Crippen LogP contribution >= 0.6 is 0 Å². The van der Waals surface area contributed by atoms with E-state index in [9.17, 15) is 9.59 Å². The van der Waals surface area contributed by atoms with Gasteiger partial charge in [0.1, 0.15) is 17.8 Å². The first-order valence-electron chi connectivity index (χ1n) is 6.83. The van der Waals surface area contributed by atoms with E-state index in [4.69, 9.17) is 0 Å². The van der Waals surface area contributed by atoms with Crippen molar-refractivity contribution in [2.75, 3.05) is 18.4 Å². The molecule has 2 N–H and O–H groups in total. The largest absolute Gasteiger partial charge is 0.343 e. The predicted molar refractivity (Wildman–Crippen MR) is 77.7 cm³/mol. The average Bonchev–Trinajstić information content (AvgIpc) is 2.63. The average molecular weight is 287 g/mol. The zero-order chi connectivity index (χ0) is 15.1. The van der Waals surface area contributed by atoms with Crippen LogP contribution in [-0.2, 0) is 9.59 Å². The predicted octanol–water partition coefficient (Wildman–Crippen LogP) is 0.992. The highest BCUT2D eigenvalue weighted by atomic mass is 16.2. The van der Waals surface area contributed by atoms with E-state index in [1.807, 2.05) is 13.8 Å². The molecule has 1 aliphatic rings. The van der Waals surface area contributed by atoms with Gasteiger partial charge in [0.05, 0.1) is 11.3 Å². The van der Waals surface area contributed by atoms with Crippen molar-refractivity contribution >= 4 is 28.7 Å². The number of nitrogens with zero attached hydrogens (tertiary/aromatic N) is 3. The minimum absolute atomic E-state index is 0.000537. The van der Waals surface area contributed by atoms with Gasteiger partial charge in [-0.05, 0) is 19.4 Å². The van der Waals surface area contributed by atoms with Gasteiger partial charge in [0.25, 0.3) is 0 Å². The summed E-state index contributed by atoms with van der Waals surface area (Å²) in [5.74, 6) is 0.249. The van der Waals surface area contributed by atoms with E-state index < -0.39 is 0 Å². The lowest BCUT2D eigenvalue weighted by Crippen LogP contribution is -2.53. The zero-order valence-electron chi connectivity index (χ0n) is 12.2. The van der Waals surface area contributed by atoms with E-state index in [1.54, 1.807) is 4.90 Å². The number of likely N-dealkylation sites (tertiary alicyclic amines) is 1. The Balaban J connectivity index is 1.80. The van der Waals surface area contributed by atoms with Crippen molar-refractivity contribution in [2.24, 2.45) is 5.92 Å². The number of nitrogens with one attached hydrogen (secondary N) is 2. The highest BCUT2D eigenvalue weighted by molar-refractivity contribution is 6.01. The molecule has 0 atom stereocenters. The van der Waals surface area contributed by atoms with Gasteiger partial charge in [0.15, 0.2) is 0 Å². The second-order valence-electron chi connectivity index (χ2n) is 5.43. The van der Waals surface area contributed by atoms with Gasteiger partial charge >= 0.3 is 0 Å². The molecule has 2 aromatic heterocycles. The Morgan fingerprint density at radius 1 is 1.33 bits per heavy atom. The first-order chi connectivity index (χ1) is 9.97. The number of aromatic amines is 1. The summed E-state index contributed by atoms with van der Waals surface area (Å²) in [6.07, 6.45) is 1.43. The first kappa shape index (κ1) is 13.5. The monoisotopic (exact) mass is 287 g/mol. The van der Waals surface area contributed by atoms with Gasteiger partial charge in [-0.15, -0.1) is 0 Å². The highest BCUT2D eigenvalue weighted by Gasteiger charge is 2.34. The molecule has 7 heteroatoms. The second-order valence-corrected chi connectivity index (χ2v) is 5.43. The number of rotatable bonds is 2. The third-order valence-corrected chi connectivity index (χ3v) is 4.03. The summed E-state index contributed by atoms with van der Waals surface area (Å²) in [7, 11) is 0. The summed E-state index contributed by atoms with van der Waals surface area (Å²) in [5.41, 5.74) is 2.75. The van der Waals surface area contributed by atoms with Crippen molar-refractivity contribution in [3.05, 3.63) is 17.6 Å². The molecule has 1 aliphatic heterocycles. The van der Waals surface area contributed by atoms with Crippen molar-refractivity contribution in [2.45, 2.75) is 20.8 Å². The molecule has 7 nitrogen and oxygen atoms in total. The van der Waals surface area contributed by atoms with Crippen LogP contribution < -0.4 is 5.32 Å². The van der Waals surface area contributed by atoms with Crippen molar-refractivity contribution in [1.82, 2.24) is 19.9 Å². The smallest absolute Gasteiger partial charge is 0.232 e. The van der Waals surface area contributed by atoms with Crippen molar-refractivity contribution < 1.29 is 9.59 Å². The standard InChI is InChI=1S/C14H17N5O2/c1-7-8(2)17-12-11(7)13(16-6-15-12)18-14(21)10-4-19(5-10)9(3)20/h6,10H,4-5H2,1-3H3,(H2,15,16,17,18,21). The van der Waals surface area contributed by atoms with E-state index in [1.165, 1.54) is 13.3 Å². The summed E-state index contributed by atoms with van der Waals surface area (Å²) in [6.45, 7) is 6.38. The highest BCUT2D eigenvalue weighted by Crippen LogP contribution is 2.26. The molecule has 3 rings (SSSR count). The molecule has 2 amide bonds.